The van der Waals surface area contributed by atoms with Crippen LogP contribution in [-0.4, -0.2) is 4.57 Å². The van der Waals surface area contributed by atoms with Gasteiger partial charge in [0, 0.05) is 33.5 Å². The van der Waals surface area contributed by atoms with Crippen molar-refractivity contribution in [2.24, 2.45) is 0 Å². The minimum Gasteiger partial charge on any atom is -0.310 e. The van der Waals surface area contributed by atoms with Gasteiger partial charge in [-0.15, -0.1) is 0 Å². The molecule has 0 fully saturated rings. The molecule has 9 aromatic rings. The van der Waals surface area contributed by atoms with Crippen molar-refractivity contribution >= 4 is 38.9 Å². The Morgan fingerprint density at radius 1 is 0.314 bits per heavy atom. The zero-order valence-electron chi connectivity index (χ0n) is 28.2. The van der Waals surface area contributed by atoms with Gasteiger partial charge in [-0.1, -0.05) is 164 Å². The van der Waals surface area contributed by atoms with Crippen LogP contribution in [0.4, 0.5) is 17.1 Å². The van der Waals surface area contributed by atoms with Crippen molar-refractivity contribution in [1.29, 1.82) is 0 Å². The first-order chi connectivity index (χ1) is 25.3. The molecule has 0 unspecified atom stereocenters. The fourth-order valence-corrected chi connectivity index (χ4v) is 7.90. The number of fused-ring (bicyclic) bond motifs is 3. The minimum atomic E-state index is -0.505. The average Bonchev–Trinajstić information content (AvgIpc) is 3.54. The maximum absolute atomic E-state index is 2.38. The van der Waals surface area contributed by atoms with Crippen LogP contribution in [0.25, 0.3) is 27.5 Å². The van der Waals surface area contributed by atoms with Gasteiger partial charge in [-0.25, -0.2) is 0 Å². The molecule has 0 saturated carbocycles. The number of benzene rings is 8. The van der Waals surface area contributed by atoms with Crippen molar-refractivity contribution in [3.05, 3.63) is 241 Å². The molecule has 9 rings (SSSR count). The van der Waals surface area contributed by atoms with Crippen molar-refractivity contribution in [2.75, 3.05) is 4.90 Å². The number of para-hydroxylation sites is 3. The second-order valence-electron chi connectivity index (χ2n) is 13.0. The van der Waals surface area contributed by atoms with E-state index in [2.05, 4.69) is 228 Å². The number of hydrogen-bond donors (Lipinski definition) is 0. The summed E-state index contributed by atoms with van der Waals surface area (Å²) >= 11 is 0. The van der Waals surface area contributed by atoms with E-state index >= 15 is 0 Å². The van der Waals surface area contributed by atoms with Gasteiger partial charge in [0.25, 0.3) is 0 Å². The Hall–Kier alpha value is -6.64. The van der Waals surface area contributed by atoms with Gasteiger partial charge in [0.1, 0.15) is 0 Å². The molecule has 0 radical (unpaired) electrons. The molecule has 51 heavy (non-hydrogen) atoms. The molecule has 0 atom stereocenters. The highest BCUT2D eigenvalue weighted by Gasteiger charge is 2.38. The summed E-state index contributed by atoms with van der Waals surface area (Å²) in [4.78, 5) is 2.37. The Kier molecular flexibility index (Phi) is 7.75. The SMILES string of the molecule is c1ccc(N(c2ccc(C(c3ccccc3)(c3ccccc3)c3ccccc3)cc2)c2ccc3c4ccccc4n(-c4ccccc4)c3c2)cc1. The monoisotopic (exact) mass is 652 g/mol. The average molecular weight is 653 g/mol. The maximum Gasteiger partial charge on any atom is 0.0701 e. The fourth-order valence-electron chi connectivity index (χ4n) is 7.90. The Morgan fingerprint density at radius 2 is 0.725 bits per heavy atom. The first-order valence-electron chi connectivity index (χ1n) is 17.5. The van der Waals surface area contributed by atoms with Crippen LogP contribution in [0, 0.1) is 0 Å². The van der Waals surface area contributed by atoms with E-state index in [0.717, 1.165) is 22.7 Å². The number of nitrogens with zero attached hydrogens (tertiary/aromatic N) is 2. The lowest BCUT2D eigenvalue weighted by Gasteiger charge is -2.37. The van der Waals surface area contributed by atoms with Gasteiger partial charge in [-0.3, -0.25) is 0 Å². The molecular weight excluding hydrogens is 617 g/mol. The number of aromatic nitrogens is 1. The predicted octanol–water partition coefficient (Wildman–Crippen LogP) is 12.6. The topological polar surface area (TPSA) is 8.17 Å². The van der Waals surface area contributed by atoms with E-state index in [1.54, 1.807) is 0 Å². The highest BCUT2D eigenvalue weighted by Crippen LogP contribution is 2.46. The van der Waals surface area contributed by atoms with Crippen LogP contribution in [0.5, 0.6) is 0 Å². The molecule has 1 aromatic heterocycles. The summed E-state index contributed by atoms with van der Waals surface area (Å²) < 4.78 is 2.38. The summed E-state index contributed by atoms with van der Waals surface area (Å²) in [7, 11) is 0. The molecule has 1 heterocycles. The maximum atomic E-state index is 2.38. The van der Waals surface area contributed by atoms with E-state index in [-0.39, 0.29) is 0 Å². The van der Waals surface area contributed by atoms with Crippen molar-refractivity contribution in [3.8, 4) is 5.69 Å². The van der Waals surface area contributed by atoms with Crippen LogP contribution in [0.15, 0.2) is 218 Å². The predicted molar refractivity (Wildman–Crippen MR) is 214 cm³/mol. The lowest BCUT2D eigenvalue weighted by atomic mass is 9.65. The van der Waals surface area contributed by atoms with Crippen LogP contribution in [0.1, 0.15) is 22.3 Å². The third-order valence-electron chi connectivity index (χ3n) is 10.1. The number of anilines is 3. The fraction of sp³-hybridized carbons (Fsp3) is 0.0204. The largest absolute Gasteiger partial charge is 0.310 e. The van der Waals surface area contributed by atoms with Crippen molar-refractivity contribution in [1.82, 2.24) is 4.57 Å². The number of hydrogen-bond acceptors (Lipinski definition) is 1. The molecule has 0 amide bonds. The molecule has 0 aliphatic heterocycles. The van der Waals surface area contributed by atoms with Crippen molar-refractivity contribution < 1.29 is 0 Å². The molecular formula is C49H36N2. The molecule has 2 heteroatoms. The normalized spacial score (nSPS) is 11.5. The molecule has 0 N–H and O–H groups in total. The van der Waals surface area contributed by atoms with Gasteiger partial charge in [-0.2, -0.15) is 0 Å². The van der Waals surface area contributed by atoms with E-state index in [1.807, 2.05) is 0 Å². The van der Waals surface area contributed by atoms with Gasteiger partial charge in [-0.05, 0) is 76.9 Å². The summed E-state index contributed by atoms with van der Waals surface area (Å²) in [5, 5.41) is 2.48. The zero-order valence-corrected chi connectivity index (χ0v) is 28.2. The zero-order chi connectivity index (χ0) is 34.0. The minimum absolute atomic E-state index is 0.505. The summed E-state index contributed by atoms with van der Waals surface area (Å²) in [5.74, 6) is 0. The standard InChI is InChI=1S/C49H36N2/c1-6-18-37(19-7-1)49(38-20-8-2-9-21-38,39-22-10-3-11-23-39)40-30-32-43(33-31-40)50(41-24-12-4-13-25-41)44-34-35-46-45-28-16-17-29-47(45)51(48(46)36-44)42-26-14-5-15-27-42/h1-36H. The molecule has 2 nitrogen and oxygen atoms in total. The molecule has 0 saturated heterocycles. The molecule has 242 valence electrons. The lowest BCUT2D eigenvalue weighted by molar-refractivity contribution is 0.745. The van der Waals surface area contributed by atoms with E-state index in [4.69, 9.17) is 0 Å². The summed E-state index contributed by atoms with van der Waals surface area (Å²) in [5.41, 5.74) is 11.2. The summed E-state index contributed by atoms with van der Waals surface area (Å²) in [6.07, 6.45) is 0. The van der Waals surface area contributed by atoms with Gasteiger partial charge in [0.05, 0.1) is 16.4 Å². The molecule has 8 aromatic carbocycles. The quantitative estimate of drug-likeness (QED) is 0.148. The molecule has 0 aliphatic rings. The van der Waals surface area contributed by atoms with Crippen LogP contribution in [-0.2, 0) is 5.41 Å². The third kappa shape index (κ3) is 5.21. The molecule has 0 spiro atoms. The lowest BCUT2D eigenvalue weighted by Crippen LogP contribution is -2.31. The highest BCUT2D eigenvalue weighted by atomic mass is 15.1. The smallest absolute Gasteiger partial charge is 0.0701 e. The van der Waals surface area contributed by atoms with Crippen molar-refractivity contribution in [2.45, 2.75) is 5.41 Å². The van der Waals surface area contributed by atoms with Gasteiger partial charge in [0.2, 0.25) is 0 Å². The van der Waals surface area contributed by atoms with E-state index in [1.165, 1.54) is 44.1 Å². The van der Waals surface area contributed by atoms with Crippen LogP contribution in [0.2, 0.25) is 0 Å². The van der Waals surface area contributed by atoms with Crippen LogP contribution >= 0.6 is 0 Å². The molecule has 0 bridgehead atoms. The highest BCUT2D eigenvalue weighted by molar-refractivity contribution is 6.10. The molecule has 0 aliphatic carbocycles. The first-order valence-corrected chi connectivity index (χ1v) is 17.5. The van der Waals surface area contributed by atoms with Gasteiger partial charge >= 0.3 is 0 Å². The summed E-state index contributed by atoms with van der Waals surface area (Å²) in [6.45, 7) is 0. The first kappa shape index (κ1) is 30.4. The van der Waals surface area contributed by atoms with Gasteiger partial charge < -0.3 is 9.47 Å². The Labute approximate surface area is 299 Å². The summed E-state index contributed by atoms with van der Waals surface area (Å²) in [6, 6.07) is 78.8. The second kappa shape index (κ2) is 13.0. The van der Waals surface area contributed by atoms with E-state index in [0.29, 0.717) is 0 Å². The van der Waals surface area contributed by atoms with Crippen LogP contribution in [0.3, 0.4) is 0 Å². The van der Waals surface area contributed by atoms with Gasteiger partial charge in [0.15, 0.2) is 0 Å². The van der Waals surface area contributed by atoms with Crippen LogP contribution < -0.4 is 4.90 Å². The Bertz CT molecular complexity index is 2440. The second-order valence-corrected chi connectivity index (χ2v) is 13.0. The third-order valence-corrected chi connectivity index (χ3v) is 10.1. The number of rotatable bonds is 8. The van der Waals surface area contributed by atoms with E-state index in [9.17, 15) is 0 Å². The van der Waals surface area contributed by atoms with Crippen molar-refractivity contribution in [3.63, 3.8) is 0 Å². The Balaban J connectivity index is 1.25. The van der Waals surface area contributed by atoms with E-state index < -0.39 is 5.41 Å². The Morgan fingerprint density at radius 3 is 1.29 bits per heavy atom.